The number of anilines is 1. The maximum absolute atomic E-state index is 13.4. The molecule has 5 rings (SSSR count). The van der Waals surface area contributed by atoms with Gasteiger partial charge in [0.25, 0.3) is 0 Å². The van der Waals surface area contributed by atoms with Crippen LogP contribution in [-0.2, 0) is 24.1 Å². The summed E-state index contributed by atoms with van der Waals surface area (Å²) in [6.45, 7) is 3.35. The Labute approximate surface area is 207 Å². The van der Waals surface area contributed by atoms with E-state index in [0.717, 1.165) is 25.6 Å². The Hall–Kier alpha value is -3.20. The number of nitriles is 1. The molecule has 4 heterocycles. The Kier molecular flexibility index (Phi) is 5.91. The minimum absolute atomic E-state index is 0.0112. The summed E-state index contributed by atoms with van der Waals surface area (Å²) in [4.78, 5) is 21.5. The highest BCUT2D eigenvalue weighted by Crippen LogP contribution is 2.36. The largest absolute Gasteiger partial charge is 0.451 e. The van der Waals surface area contributed by atoms with Gasteiger partial charge >= 0.3 is 6.18 Å². The van der Waals surface area contributed by atoms with Crippen molar-refractivity contribution in [3.05, 3.63) is 46.1 Å². The van der Waals surface area contributed by atoms with Gasteiger partial charge in [0.05, 0.1) is 23.3 Å². The first kappa shape index (κ1) is 23.5. The summed E-state index contributed by atoms with van der Waals surface area (Å²) in [5, 5.41) is 17.5. The molecule has 2 atom stereocenters. The molecule has 0 radical (unpaired) electrons. The number of fused-ring (bicyclic) bond motifs is 2. The lowest BCUT2D eigenvalue weighted by Gasteiger charge is -2.40. The number of rotatable bonds is 2. The van der Waals surface area contributed by atoms with Crippen LogP contribution in [0.1, 0.15) is 30.6 Å². The van der Waals surface area contributed by atoms with Gasteiger partial charge in [0.1, 0.15) is 6.07 Å². The van der Waals surface area contributed by atoms with Gasteiger partial charge in [0.2, 0.25) is 11.7 Å². The second kappa shape index (κ2) is 8.78. The average molecular weight is 548 g/mol. The number of carbonyl (C=O) groups excluding carboxylic acids is 1. The molecule has 0 saturated carbocycles. The minimum Gasteiger partial charge on any atom is -0.370 e. The zero-order chi connectivity index (χ0) is 24.9. The van der Waals surface area contributed by atoms with E-state index < -0.39 is 12.0 Å². The van der Waals surface area contributed by atoms with Gasteiger partial charge in [-0.2, -0.15) is 18.4 Å². The Morgan fingerprint density at radius 2 is 2.03 bits per heavy atom. The smallest absolute Gasteiger partial charge is 0.370 e. The fourth-order valence-corrected chi connectivity index (χ4v) is 5.43. The molecule has 1 aromatic carbocycles. The van der Waals surface area contributed by atoms with E-state index in [-0.39, 0.29) is 43.2 Å². The molecule has 3 aromatic rings. The van der Waals surface area contributed by atoms with Crippen LogP contribution in [0.3, 0.4) is 0 Å². The molecular formula is C23H21BrF3N7O. The highest BCUT2D eigenvalue weighted by Gasteiger charge is 2.41. The molecule has 2 aromatic heterocycles. The zero-order valence-corrected chi connectivity index (χ0v) is 20.3. The standard InChI is InChI=1S/C23H21BrF3N7O/c1-13-11-32(20-14(9-28)10-29-18-8-15(24)2-3-17(18)20)5-4-16(13)21(35)33-6-7-34-19(12-33)30-31-22(34)23(25,26)27/h2-3,8,10,13,16H,4-7,11-12H2,1H3/t13-,16+/m1/s1. The van der Waals surface area contributed by atoms with Crippen LogP contribution in [0.25, 0.3) is 10.9 Å². The fraction of sp³-hybridized carbons (Fsp3) is 0.435. The molecule has 2 aliphatic heterocycles. The number of hydrogen-bond donors (Lipinski definition) is 0. The third kappa shape index (κ3) is 4.22. The Morgan fingerprint density at radius 1 is 1.23 bits per heavy atom. The van der Waals surface area contributed by atoms with E-state index >= 15 is 0 Å². The van der Waals surface area contributed by atoms with E-state index in [2.05, 4.69) is 42.1 Å². The molecule has 35 heavy (non-hydrogen) atoms. The maximum Gasteiger partial charge on any atom is 0.451 e. The summed E-state index contributed by atoms with van der Waals surface area (Å²) in [5.41, 5.74) is 2.07. The molecule has 1 saturated heterocycles. The van der Waals surface area contributed by atoms with Crippen LogP contribution in [0.5, 0.6) is 0 Å². The zero-order valence-electron chi connectivity index (χ0n) is 18.8. The lowest BCUT2D eigenvalue weighted by Crippen LogP contribution is -2.49. The number of piperidine rings is 1. The van der Waals surface area contributed by atoms with Crippen molar-refractivity contribution in [3.8, 4) is 6.07 Å². The summed E-state index contributed by atoms with van der Waals surface area (Å²) in [5.74, 6) is -1.24. The van der Waals surface area contributed by atoms with Crippen molar-refractivity contribution in [1.82, 2.24) is 24.6 Å². The van der Waals surface area contributed by atoms with Crippen LogP contribution >= 0.6 is 15.9 Å². The topological polar surface area (TPSA) is 90.9 Å². The van der Waals surface area contributed by atoms with Gasteiger partial charge in [0.15, 0.2) is 5.82 Å². The third-order valence-electron chi connectivity index (χ3n) is 6.78. The Bertz CT molecular complexity index is 1350. The quantitative estimate of drug-likeness (QED) is 0.482. The first-order valence-electron chi connectivity index (χ1n) is 11.2. The van der Waals surface area contributed by atoms with E-state index in [4.69, 9.17) is 0 Å². The number of halogens is 4. The number of carbonyl (C=O) groups is 1. The third-order valence-corrected chi connectivity index (χ3v) is 7.27. The number of amides is 1. The molecule has 2 aliphatic rings. The summed E-state index contributed by atoms with van der Waals surface area (Å²) >= 11 is 3.45. The molecule has 1 amide bonds. The highest BCUT2D eigenvalue weighted by atomic mass is 79.9. The summed E-state index contributed by atoms with van der Waals surface area (Å²) in [6, 6.07) is 7.98. The average Bonchev–Trinajstić information content (AvgIpc) is 3.26. The van der Waals surface area contributed by atoms with Crippen LogP contribution in [0.15, 0.2) is 28.9 Å². The van der Waals surface area contributed by atoms with Crippen LogP contribution in [-0.4, -0.2) is 50.2 Å². The first-order valence-corrected chi connectivity index (χ1v) is 12.0. The van der Waals surface area contributed by atoms with Crippen LogP contribution in [0.2, 0.25) is 0 Å². The van der Waals surface area contributed by atoms with Gasteiger partial charge < -0.3 is 14.4 Å². The van der Waals surface area contributed by atoms with Crippen molar-refractivity contribution < 1.29 is 18.0 Å². The number of alkyl halides is 3. The van der Waals surface area contributed by atoms with Crippen LogP contribution in [0.4, 0.5) is 18.9 Å². The van der Waals surface area contributed by atoms with E-state index in [9.17, 15) is 23.2 Å². The van der Waals surface area contributed by atoms with Crippen molar-refractivity contribution >= 4 is 38.4 Å². The Balaban J connectivity index is 1.34. The van der Waals surface area contributed by atoms with Gasteiger partial charge in [-0.3, -0.25) is 9.78 Å². The number of benzene rings is 1. The lowest BCUT2D eigenvalue weighted by atomic mass is 9.85. The molecule has 0 bridgehead atoms. The minimum atomic E-state index is -4.58. The fourth-order valence-electron chi connectivity index (χ4n) is 5.08. The summed E-state index contributed by atoms with van der Waals surface area (Å²) in [7, 11) is 0. The number of pyridine rings is 1. The van der Waals surface area contributed by atoms with E-state index in [1.54, 1.807) is 11.1 Å². The Morgan fingerprint density at radius 3 is 2.74 bits per heavy atom. The second-order valence-corrected chi connectivity index (χ2v) is 9.88. The monoisotopic (exact) mass is 547 g/mol. The predicted octanol–water partition coefficient (Wildman–Crippen LogP) is 3.98. The lowest BCUT2D eigenvalue weighted by molar-refractivity contribution is -0.148. The highest BCUT2D eigenvalue weighted by molar-refractivity contribution is 9.10. The van der Waals surface area contributed by atoms with Gasteiger partial charge in [-0.15, -0.1) is 10.2 Å². The molecule has 8 nitrogen and oxygen atoms in total. The van der Waals surface area contributed by atoms with Gasteiger partial charge in [-0.25, -0.2) is 0 Å². The molecule has 0 spiro atoms. The van der Waals surface area contributed by atoms with Gasteiger partial charge in [-0.1, -0.05) is 22.9 Å². The van der Waals surface area contributed by atoms with E-state index in [0.29, 0.717) is 25.1 Å². The predicted molar refractivity (Wildman–Crippen MR) is 124 cm³/mol. The molecule has 0 N–H and O–H groups in total. The first-order chi connectivity index (χ1) is 16.7. The summed E-state index contributed by atoms with van der Waals surface area (Å²) < 4.78 is 41.3. The normalized spacial score (nSPS) is 20.6. The van der Waals surface area contributed by atoms with Crippen molar-refractivity contribution in [2.75, 3.05) is 24.5 Å². The molecule has 12 heteroatoms. The van der Waals surface area contributed by atoms with Crippen LogP contribution in [0, 0.1) is 23.2 Å². The summed E-state index contributed by atoms with van der Waals surface area (Å²) in [6.07, 6.45) is -2.43. The SMILES string of the molecule is C[C@@H]1CN(c2c(C#N)cnc3cc(Br)ccc23)CC[C@@H]1C(=O)N1CCn2c(nnc2C(F)(F)F)C1. The van der Waals surface area contributed by atoms with Crippen molar-refractivity contribution in [2.45, 2.75) is 32.6 Å². The molecule has 0 unspecified atom stereocenters. The maximum atomic E-state index is 13.4. The molecular weight excluding hydrogens is 527 g/mol. The van der Waals surface area contributed by atoms with Gasteiger partial charge in [0, 0.05) is 48.2 Å². The molecule has 0 aliphatic carbocycles. The van der Waals surface area contributed by atoms with E-state index in [1.165, 1.54) is 0 Å². The van der Waals surface area contributed by atoms with Gasteiger partial charge in [-0.05, 0) is 30.5 Å². The van der Waals surface area contributed by atoms with E-state index in [1.807, 2.05) is 25.1 Å². The molecule has 1 fully saturated rings. The second-order valence-electron chi connectivity index (χ2n) is 8.96. The number of aromatic nitrogens is 4. The molecule has 182 valence electrons. The van der Waals surface area contributed by atoms with Crippen molar-refractivity contribution in [3.63, 3.8) is 0 Å². The van der Waals surface area contributed by atoms with Crippen LogP contribution < -0.4 is 4.90 Å². The number of nitrogens with zero attached hydrogens (tertiary/aromatic N) is 7. The van der Waals surface area contributed by atoms with Crippen molar-refractivity contribution in [1.29, 1.82) is 5.26 Å². The van der Waals surface area contributed by atoms with Crippen molar-refractivity contribution in [2.24, 2.45) is 11.8 Å². The number of hydrogen-bond acceptors (Lipinski definition) is 6.